The van der Waals surface area contributed by atoms with Crippen molar-refractivity contribution in [3.8, 4) is 0 Å². The average Bonchev–Trinajstić information content (AvgIpc) is 2.36. The third-order valence-corrected chi connectivity index (χ3v) is 4.72. The van der Waals surface area contributed by atoms with Crippen LogP contribution in [0.1, 0.15) is 12.5 Å². The molecule has 0 aliphatic carbocycles. The second kappa shape index (κ2) is 6.64. The van der Waals surface area contributed by atoms with Crippen molar-refractivity contribution in [1.82, 2.24) is 4.90 Å². The van der Waals surface area contributed by atoms with Gasteiger partial charge < -0.3 is 14.7 Å². The van der Waals surface area contributed by atoms with Gasteiger partial charge in [-0.3, -0.25) is 4.18 Å². The van der Waals surface area contributed by atoms with Gasteiger partial charge in [0, 0.05) is 0 Å². The Labute approximate surface area is 129 Å². The molecule has 8 heteroatoms. The molecule has 0 bridgehead atoms. The molecule has 0 saturated carbocycles. The molecular weight excluding hydrogens is 310 g/mol. The molecule has 1 fully saturated rings. The smallest absolute Gasteiger partial charge is 0.407 e. The van der Waals surface area contributed by atoms with Crippen LogP contribution in [0.4, 0.5) is 4.79 Å². The molecular formula is C14H19NO6S. The summed E-state index contributed by atoms with van der Waals surface area (Å²) in [6.07, 6.45) is -1.83. The first-order valence-electron chi connectivity index (χ1n) is 6.87. The summed E-state index contributed by atoms with van der Waals surface area (Å²) in [6.45, 7) is 4.15. The number of likely N-dealkylation sites (tertiary alicyclic amines) is 1. The quantitative estimate of drug-likeness (QED) is 0.794. The number of carboxylic acid groups (broad SMARTS) is 1. The number of aryl methyl sites for hydroxylation is 1. The van der Waals surface area contributed by atoms with Crippen LogP contribution in [0.25, 0.3) is 0 Å². The first-order valence-corrected chi connectivity index (χ1v) is 8.28. The van der Waals surface area contributed by atoms with E-state index in [4.69, 9.17) is 14.0 Å². The third-order valence-electron chi connectivity index (χ3n) is 3.29. The van der Waals surface area contributed by atoms with Crippen LogP contribution >= 0.6 is 0 Å². The molecule has 7 nitrogen and oxygen atoms in total. The molecule has 1 aliphatic heterocycles. The number of benzene rings is 1. The molecule has 122 valence electrons. The minimum absolute atomic E-state index is 0.0865. The van der Waals surface area contributed by atoms with E-state index in [0.29, 0.717) is 13.1 Å². The van der Waals surface area contributed by atoms with Gasteiger partial charge in [0.15, 0.2) is 0 Å². The molecule has 0 radical (unpaired) electrons. The van der Waals surface area contributed by atoms with Crippen molar-refractivity contribution in [2.75, 3.05) is 19.7 Å². The lowest BCUT2D eigenvalue weighted by Crippen LogP contribution is -2.54. The van der Waals surface area contributed by atoms with Gasteiger partial charge in [-0.05, 0) is 26.0 Å². The summed E-state index contributed by atoms with van der Waals surface area (Å²) in [5.74, 6) is 0. The fourth-order valence-corrected chi connectivity index (χ4v) is 3.04. The highest BCUT2D eigenvalue weighted by molar-refractivity contribution is 7.86. The minimum atomic E-state index is -3.82. The average molecular weight is 329 g/mol. The fourth-order valence-electron chi connectivity index (χ4n) is 1.98. The van der Waals surface area contributed by atoms with Crippen LogP contribution in [-0.4, -0.2) is 56.4 Å². The molecule has 1 aliphatic rings. The maximum absolute atomic E-state index is 12.1. The number of ether oxygens (including phenoxy) is 1. The molecule has 2 rings (SSSR count). The molecule has 1 atom stereocenters. The van der Waals surface area contributed by atoms with Gasteiger partial charge in [-0.25, -0.2) is 4.79 Å². The van der Waals surface area contributed by atoms with Crippen molar-refractivity contribution in [3.05, 3.63) is 29.8 Å². The number of hydrogen-bond donors (Lipinski definition) is 1. The van der Waals surface area contributed by atoms with Crippen LogP contribution in [0.15, 0.2) is 29.2 Å². The van der Waals surface area contributed by atoms with E-state index in [1.807, 2.05) is 6.92 Å². The van der Waals surface area contributed by atoms with E-state index in [1.54, 1.807) is 19.1 Å². The number of hydrogen-bond acceptors (Lipinski definition) is 5. The molecule has 1 N–H and O–H groups in total. The van der Waals surface area contributed by atoms with Crippen LogP contribution in [0, 0.1) is 6.92 Å². The molecule has 0 spiro atoms. The van der Waals surface area contributed by atoms with E-state index in [2.05, 4.69) is 0 Å². The van der Waals surface area contributed by atoms with Gasteiger partial charge in [0.05, 0.1) is 36.8 Å². The molecule has 1 aromatic rings. The molecule has 0 aromatic heterocycles. The lowest BCUT2D eigenvalue weighted by Gasteiger charge is -2.37. The van der Waals surface area contributed by atoms with E-state index in [9.17, 15) is 13.2 Å². The van der Waals surface area contributed by atoms with Gasteiger partial charge in [-0.15, -0.1) is 0 Å². The Morgan fingerprint density at radius 2 is 1.95 bits per heavy atom. The van der Waals surface area contributed by atoms with Crippen LogP contribution in [-0.2, 0) is 19.0 Å². The normalized spacial score (nSPS) is 17.1. The summed E-state index contributed by atoms with van der Waals surface area (Å²) in [6, 6.07) is 6.39. The number of carbonyl (C=O) groups is 1. The second-order valence-electron chi connectivity index (χ2n) is 5.32. The molecule has 1 amide bonds. The van der Waals surface area contributed by atoms with Crippen LogP contribution < -0.4 is 0 Å². The van der Waals surface area contributed by atoms with Crippen molar-refractivity contribution in [2.24, 2.45) is 0 Å². The maximum Gasteiger partial charge on any atom is 0.407 e. The second-order valence-corrected chi connectivity index (χ2v) is 6.89. The Morgan fingerprint density at radius 3 is 2.50 bits per heavy atom. The Hall–Kier alpha value is -1.64. The highest BCUT2D eigenvalue weighted by Gasteiger charge is 2.31. The van der Waals surface area contributed by atoms with Crippen molar-refractivity contribution < 1.29 is 27.2 Å². The zero-order chi connectivity index (χ0) is 16.3. The van der Waals surface area contributed by atoms with Crippen molar-refractivity contribution in [1.29, 1.82) is 0 Å². The molecule has 1 aromatic carbocycles. The van der Waals surface area contributed by atoms with Crippen LogP contribution in [0.5, 0.6) is 0 Å². The standard InChI is InChI=1S/C14H19NO6S/c1-10-3-5-13(6-4-10)22(18,19)21-11(2)9-20-12-7-15(8-12)14(16)17/h3-6,11-12H,7-9H2,1-2H3,(H,16,17). The number of nitrogens with zero attached hydrogens (tertiary/aromatic N) is 1. The highest BCUT2D eigenvalue weighted by atomic mass is 32.2. The Kier molecular flexibility index (Phi) is 5.05. The Bertz CT molecular complexity index is 621. The van der Waals surface area contributed by atoms with E-state index >= 15 is 0 Å². The fraction of sp³-hybridized carbons (Fsp3) is 0.500. The number of rotatable bonds is 6. The lowest BCUT2D eigenvalue weighted by molar-refractivity contribution is -0.0636. The SMILES string of the molecule is Cc1ccc(S(=O)(=O)OC(C)COC2CN(C(=O)O)C2)cc1. The van der Waals surface area contributed by atoms with E-state index in [1.165, 1.54) is 17.0 Å². The molecule has 1 unspecified atom stereocenters. The van der Waals surface area contributed by atoms with E-state index in [-0.39, 0.29) is 17.6 Å². The van der Waals surface area contributed by atoms with Crippen molar-refractivity contribution in [3.63, 3.8) is 0 Å². The first kappa shape index (κ1) is 16.7. The van der Waals surface area contributed by atoms with Gasteiger partial charge in [-0.2, -0.15) is 8.42 Å². The van der Waals surface area contributed by atoms with Gasteiger partial charge in [-0.1, -0.05) is 17.7 Å². The lowest BCUT2D eigenvalue weighted by atomic mass is 10.2. The minimum Gasteiger partial charge on any atom is -0.465 e. The van der Waals surface area contributed by atoms with Gasteiger partial charge in [0.25, 0.3) is 10.1 Å². The molecule has 1 heterocycles. The molecule has 1 saturated heterocycles. The van der Waals surface area contributed by atoms with Gasteiger partial charge in [0.1, 0.15) is 0 Å². The summed E-state index contributed by atoms with van der Waals surface area (Å²) in [7, 11) is -3.82. The van der Waals surface area contributed by atoms with Crippen LogP contribution in [0.2, 0.25) is 0 Å². The monoisotopic (exact) mass is 329 g/mol. The number of amides is 1. The van der Waals surface area contributed by atoms with Crippen molar-refractivity contribution >= 4 is 16.2 Å². The van der Waals surface area contributed by atoms with Gasteiger partial charge in [0.2, 0.25) is 0 Å². The molecule has 22 heavy (non-hydrogen) atoms. The predicted molar refractivity (Wildman–Crippen MR) is 78.2 cm³/mol. The Balaban J connectivity index is 1.80. The summed E-state index contributed by atoms with van der Waals surface area (Å²) >= 11 is 0. The maximum atomic E-state index is 12.1. The first-order chi connectivity index (χ1) is 10.3. The predicted octanol–water partition coefficient (Wildman–Crippen LogP) is 1.47. The summed E-state index contributed by atoms with van der Waals surface area (Å²) in [4.78, 5) is 11.9. The summed E-state index contributed by atoms with van der Waals surface area (Å²) in [5, 5.41) is 8.69. The highest BCUT2D eigenvalue weighted by Crippen LogP contribution is 2.17. The largest absolute Gasteiger partial charge is 0.465 e. The summed E-state index contributed by atoms with van der Waals surface area (Å²) in [5.41, 5.74) is 0.961. The topological polar surface area (TPSA) is 93.1 Å². The Morgan fingerprint density at radius 1 is 1.36 bits per heavy atom. The van der Waals surface area contributed by atoms with Crippen LogP contribution in [0.3, 0.4) is 0 Å². The zero-order valence-corrected chi connectivity index (χ0v) is 13.2. The third kappa shape index (κ3) is 4.19. The van der Waals surface area contributed by atoms with E-state index in [0.717, 1.165) is 5.56 Å². The van der Waals surface area contributed by atoms with E-state index < -0.39 is 22.3 Å². The van der Waals surface area contributed by atoms with Gasteiger partial charge >= 0.3 is 6.09 Å². The zero-order valence-electron chi connectivity index (χ0n) is 12.4. The van der Waals surface area contributed by atoms with Crippen molar-refractivity contribution in [2.45, 2.75) is 31.0 Å². The summed E-state index contributed by atoms with van der Waals surface area (Å²) < 4.78 is 34.6.